The van der Waals surface area contributed by atoms with E-state index in [0.29, 0.717) is 21.2 Å². The zero-order chi connectivity index (χ0) is 15.6. The van der Waals surface area contributed by atoms with E-state index in [1.807, 2.05) is 0 Å². The van der Waals surface area contributed by atoms with Crippen LogP contribution < -0.4 is 11.3 Å². The summed E-state index contributed by atoms with van der Waals surface area (Å²) in [7, 11) is 0. The molecule has 0 heterocycles. The van der Waals surface area contributed by atoms with E-state index in [1.165, 1.54) is 12.1 Å². The maximum atomic E-state index is 14.2. The quantitative estimate of drug-likeness (QED) is 0.647. The van der Waals surface area contributed by atoms with Crippen molar-refractivity contribution in [1.29, 1.82) is 0 Å². The Morgan fingerprint density at radius 2 is 1.90 bits per heavy atom. The molecule has 0 spiro atoms. The number of hydrazine groups is 1. The van der Waals surface area contributed by atoms with E-state index < -0.39 is 17.7 Å². The molecular weight excluding hydrogens is 317 g/mol. The molecular formula is C15H14Cl2F2N2. The van der Waals surface area contributed by atoms with Crippen molar-refractivity contribution in [2.24, 2.45) is 5.84 Å². The SMILES string of the molecule is Cc1ccc(F)c(C(Cc2ccc(Cl)cc2Cl)NN)c1F. The summed E-state index contributed by atoms with van der Waals surface area (Å²) < 4.78 is 28.1. The van der Waals surface area contributed by atoms with Gasteiger partial charge in [-0.25, -0.2) is 8.78 Å². The Morgan fingerprint density at radius 3 is 2.52 bits per heavy atom. The first kappa shape index (κ1) is 16.2. The van der Waals surface area contributed by atoms with Gasteiger partial charge in [-0.05, 0) is 42.7 Å². The van der Waals surface area contributed by atoms with Crippen molar-refractivity contribution in [3.63, 3.8) is 0 Å². The van der Waals surface area contributed by atoms with E-state index >= 15 is 0 Å². The van der Waals surface area contributed by atoms with Gasteiger partial charge in [0.1, 0.15) is 11.6 Å². The highest BCUT2D eigenvalue weighted by molar-refractivity contribution is 6.35. The highest BCUT2D eigenvalue weighted by atomic mass is 35.5. The lowest BCUT2D eigenvalue weighted by molar-refractivity contribution is 0.470. The van der Waals surface area contributed by atoms with E-state index in [-0.39, 0.29) is 12.0 Å². The predicted molar refractivity (Wildman–Crippen MR) is 81.3 cm³/mol. The van der Waals surface area contributed by atoms with Gasteiger partial charge in [-0.3, -0.25) is 11.3 Å². The number of benzene rings is 2. The fourth-order valence-electron chi connectivity index (χ4n) is 2.15. The average molecular weight is 331 g/mol. The number of nitrogens with two attached hydrogens (primary N) is 1. The summed E-state index contributed by atoms with van der Waals surface area (Å²) >= 11 is 11.9. The van der Waals surface area contributed by atoms with Crippen LogP contribution in [0.25, 0.3) is 0 Å². The zero-order valence-electron chi connectivity index (χ0n) is 11.3. The van der Waals surface area contributed by atoms with Crippen LogP contribution in [0.1, 0.15) is 22.7 Å². The smallest absolute Gasteiger partial charge is 0.133 e. The van der Waals surface area contributed by atoms with Gasteiger partial charge in [0, 0.05) is 15.6 Å². The van der Waals surface area contributed by atoms with Crippen molar-refractivity contribution < 1.29 is 8.78 Å². The van der Waals surface area contributed by atoms with Crippen LogP contribution >= 0.6 is 23.2 Å². The van der Waals surface area contributed by atoms with Gasteiger partial charge >= 0.3 is 0 Å². The normalized spacial score (nSPS) is 12.5. The first-order chi connectivity index (χ1) is 9.93. The van der Waals surface area contributed by atoms with Crippen molar-refractivity contribution in [3.8, 4) is 0 Å². The molecule has 0 amide bonds. The van der Waals surface area contributed by atoms with Crippen molar-refractivity contribution in [3.05, 3.63) is 68.7 Å². The molecule has 112 valence electrons. The number of nitrogens with one attached hydrogen (secondary N) is 1. The molecule has 0 bridgehead atoms. The Balaban J connectivity index is 2.39. The summed E-state index contributed by atoms with van der Waals surface area (Å²) in [6.07, 6.45) is 0.240. The van der Waals surface area contributed by atoms with Gasteiger partial charge < -0.3 is 0 Å². The minimum absolute atomic E-state index is 0.0940. The van der Waals surface area contributed by atoms with Gasteiger partial charge in [0.15, 0.2) is 0 Å². The minimum atomic E-state index is -0.733. The van der Waals surface area contributed by atoms with E-state index in [0.717, 1.165) is 0 Å². The highest BCUT2D eigenvalue weighted by Gasteiger charge is 2.22. The molecule has 2 aromatic carbocycles. The molecule has 0 saturated carbocycles. The molecule has 0 radical (unpaired) electrons. The standard InChI is InChI=1S/C15H14Cl2F2N2/c1-8-2-5-12(18)14(15(8)19)13(21-20)6-9-3-4-10(16)7-11(9)17/h2-5,7,13,21H,6,20H2,1H3. The first-order valence-electron chi connectivity index (χ1n) is 6.28. The van der Waals surface area contributed by atoms with E-state index in [9.17, 15) is 8.78 Å². The molecule has 2 aromatic rings. The summed E-state index contributed by atoms with van der Waals surface area (Å²) in [6, 6.07) is 6.83. The first-order valence-corrected chi connectivity index (χ1v) is 7.04. The number of hydrogen-bond acceptors (Lipinski definition) is 2. The molecule has 3 N–H and O–H groups in total. The van der Waals surface area contributed by atoms with Gasteiger partial charge in [0.05, 0.1) is 6.04 Å². The molecule has 0 fully saturated rings. The van der Waals surface area contributed by atoms with Crippen LogP contribution in [-0.2, 0) is 6.42 Å². The second-order valence-electron chi connectivity index (χ2n) is 4.75. The second kappa shape index (κ2) is 6.71. The third-order valence-corrected chi connectivity index (χ3v) is 3.90. The molecule has 6 heteroatoms. The summed E-state index contributed by atoms with van der Waals surface area (Å²) in [5.74, 6) is 4.21. The van der Waals surface area contributed by atoms with Crippen LogP contribution in [0.4, 0.5) is 8.78 Å². The number of aryl methyl sites for hydroxylation is 1. The Morgan fingerprint density at radius 1 is 1.19 bits per heavy atom. The summed E-state index contributed by atoms with van der Waals surface area (Å²) in [5.41, 5.74) is 3.41. The monoisotopic (exact) mass is 330 g/mol. The third kappa shape index (κ3) is 3.52. The summed E-state index contributed by atoms with van der Waals surface area (Å²) in [6.45, 7) is 1.57. The summed E-state index contributed by atoms with van der Waals surface area (Å²) in [4.78, 5) is 0. The van der Waals surface area contributed by atoms with Gasteiger partial charge in [-0.2, -0.15) is 0 Å². The van der Waals surface area contributed by atoms with Crippen LogP contribution in [0.15, 0.2) is 30.3 Å². The molecule has 0 aliphatic carbocycles. The van der Waals surface area contributed by atoms with E-state index in [4.69, 9.17) is 29.0 Å². The van der Waals surface area contributed by atoms with Crippen molar-refractivity contribution in [2.75, 3.05) is 0 Å². The van der Waals surface area contributed by atoms with Gasteiger partial charge in [0.2, 0.25) is 0 Å². The lowest BCUT2D eigenvalue weighted by Crippen LogP contribution is -2.31. The molecule has 1 unspecified atom stereocenters. The molecule has 2 nitrogen and oxygen atoms in total. The van der Waals surface area contributed by atoms with Crippen LogP contribution in [0.3, 0.4) is 0 Å². The van der Waals surface area contributed by atoms with Crippen LogP contribution in [-0.4, -0.2) is 0 Å². The maximum absolute atomic E-state index is 14.2. The molecule has 0 aromatic heterocycles. The van der Waals surface area contributed by atoms with Crippen LogP contribution in [0.2, 0.25) is 10.0 Å². The molecule has 21 heavy (non-hydrogen) atoms. The zero-order valence-corrected chi connectivity index (χ0v) is 12.8. The van der Waals surface area contributed by atoms with Gasteiger partial charge in [0.25, 0.3) is 0 Å². The predicted octanol–water partition coefficient (Wildman–Crippen LogP) is 4.33. The highest BCUT2D eigenvalue weighted by Crippen LogP contribution is 2.29. The fourth-order valence-corrected chi connectivity index (χ4v) is 2.63. The number of halogens is 4. The van der Waals surface area contributed by atoms with Crippen molar-refractivity contribution in [2.45, 2.75) is 19.4 Å². The molecule has 2 rings (SSSR count). The molecule has 0 aliphatic heterocycles. The largest absolute Gasteiger partial charge is 0.271 e. The molecule has 1 atom stereocenters. The number of rotatable bonds is 4. The van der Waals surface area contributed by atoms with Crippen LogP contribution in [0, 0.1) is 18.6 Å². The Labute approximate surface area is 131 Å². The Hall–Kier alpha value is -1.20. The van der Waals surface area contributed by atoms with E-state index in [2.05, 4.69) is 5.43 Å². The Bertz CT molecular complexity index is 662. The second-order valence-corrected chi connectivity index (χ2v) is 5.59. The third-order valence-electron chi connectivity index (χ3n) is 3.31. The minimum Gasteiger partial charge on any atom is -0.271 e. The molecule has 0 saturated heterocycles. The van der Waals surface area contributed by atoms with E-state index in [1.54, 1.807) is 25.1 Å². The van der Waals surface area contributed by atoms with Crippen LogP contribution in [0.5, 0.6) is 0 Å². The van der Waals surface area contributed by atoms with Crippen molar-refractivity contribution in [1.82, 2.24) is 5.43 Å². The topological polar surface area (TPSA) is 38.0 Å². The molecule has 0 aliphatic rings. The van der Waals surface area contributed by atoms with Gasteiger partial charge in [-0.1, -0.05) is 35.3 Å². The number of hydrogen-bond donors (Lipinski definition) is 2. The van der Waals surface area contributed by atoms with Gasteiger partial charge in [-0.15, -0.1) is 0 Å². The average Bonchev–Trinajstić information content (AvgIpc) is 2.44. The lowest BCUT2D eigenvalue weighted by Gasteiger charge is -2.19. The summed E-state index contributed by atoms with van der Waals surface area (Å²) in [5, 5.41) is 0.921. The maximum Gasteiger partial charge on any atom is 0.133 e. The fraction of sp³-hybridized carbons (Fsp3) is 0.200. The van der Waals surface area contributed by atoms with Crippen molar-refractivity contribution >= 4 is 23.2 Å². The Kier molecular flexibility index (Phi) is 5.17. The lowest BCUT2D eigenvalue weighted by atomic mass is 9.96.